The lowest BCUT2D eigenvalue weighted by Crippen LogP contribution is -2.20. The molecule has 5 heteroatoms. The summed E-state index contributed by atoms with van der Waals surface area (Å²) in [5.41, 5.74) is 2.88. The van der Waals surface area contributed by atoms with Gasteiger partial charge < -0.3 is 9.84 Å². The maximum absolute atomic E-state index is 12.0. The van der Waals surface area contributed by atoms with Crippen molar-refractivity contribution < 1.29 is 14.6 Å². The Morgan fingerprint density at radius 2 is 2.09 bits per heavy atom. The number of aliphatic hydroxyl groups is 1. The molecule has 2 aliphatic carbocycles. The minimum Gasteiger partial charge on any atom is -0.461 e. The zero-order chi connectivity index (χ0) is 15.5. The topological polar surface area (TPSA) is 64.3 Å². The summed E-state index contributed by atoms with van der Waals surface area (Å²) in [4.78, 5) is 12.0. The van der Waals surface area contributed by atoms with Crippen LogP contribution in [0.1, 0.15) is 67.2 Å². The van der Waals surface area contributed by atoms with Crippen molar-refractivity contribution >= 4 is 5.97 Å². The van der Waals surface area contributed by atoms with E-state index in [0.29, 0.717) is 18.2 Å². The normalized spacial score (nSPS) is 24.3. The largest absolute Gasteiger partial charge is 0.461 e. The Hall–Kier alpha value is -1.36. The van der Waals surface area contributed by atoms with Gasteiger partial charge in [0.1, 0.15) is 0 Å². The zero-order valence-corrected chi connectivity index (χ0v) is 13.4. The fraction of sp³-hybridized carbons (Fsp3) is 0.765. The summed E-state index contributed by atoms with van der Waals surface area (Å²) in [5, 5.41) is 14.1. The third-order valence-corrected chi connectivity index (χ3v) is 5.04. The lowest BCUT2D eigenvalue weighted by molar-refractivity contribution is 0.0517. The lowest BCUT2D eigenvalue weighted by atomic mass is 9.85. The van der Waals surface area contributed by atoms with Crippen molar-refractivity contribution in [2.75, 3.05) is 6.61 Å². The number of fused-ring (bicyclic) bond motifs is 1. The molecule has 0 amide bonds. The predicted octanol–water partition coefficient (Wildman–Crippen LogP) is 2.49. The van der Waals surface area contributed by atoms with Crippen LogP contribution in [0.15, 0.2) is 0 Å². The van der Waals surface area contributed by atoms with E-state index in [-0.39, 0.29) is 12.1 Å². The number of aryl methyl sites for hydroxylation is 1. The van der Waals surface area contributed by atoms with Gasteiger partial charge in [0.05, 0.1) is 12.7 Å². The van der Waals surface area contributed by atoms with Crippen LogP contribution in [0.25, 0.3) is 0 Å². The summed E-state index contributed by atoms with van der Waals surface area (Å²) >= 11 is 0. The van der Waals surface area contributed by atoms with Crippen LogP contribution in [0.3, 0.4) is 0 Å². The summed E-state index contributed by atoms with van der Waals surface area (Å²) < 4.78 is 7.17. The number of carbonyl (C=O) groups is 1. The van der Waals surface area contributed by atoms with E-state index in [1.807, 2.05) is 11.6 Å². The van der Waals surface area contributed by atoms with Crippen LogP contribution >= 0.6 is 0 Å². The van der Waals surface area contributed by atoms with Crippen LogP contribution in [0.5, 0.6) is 0 Å². The summed E-state index contributed by atoms with van der Waals surface area (Å²) in [5.74, 6) is 0.399. The first-order chi connectivity index (χ1) is 10.7. The molecule has 1 saturated carbocycles. The van der Waals surface area contributed by atoms with E-state index in [9.17, 15) is 9.90 Å². The van der Waals surface area contributed by atoms with Gasteiger partial charge in [-0.25, -0.2) is 4.79 Å². The Bertz CT molecular complexity index is 530. The van der Waals surface area contributed by atoms with Crippen molar-refractivity contribution in [2.45, 2.75) is 70.9 Å². The zero-order valence-electron chi connectivity index (χ0n) is 13.4. The van der Waals surface area contributed by atoms with Crippen molar-refractivity contribution in [3.05, 3.63) is 17.0 Å². The van der Waals surface area contributed by atoms with E-state index in [1.165, 1.54) is 5.69 Å². The molecule has 1 N–H and O–H groups in total. The molecule has 0 aromatic carbocycles. The highest BCUT2D eigenvalue weighted by atomic mass is 16.5. The molecule has 0 aliphatic heterocycles. The number of rotatable bonds is 5. The second kappa shape index (κ2) is 6.82. The van der Waals surface area contributed by atoms with Gasteiger partial charge in [-0.15, -0.1) is 0 Å². The standard InChI is InChI=1S/C17H26N2O3/c1-2-22-17(21)16-14-4-3-5-15(14)19(18-16)11-10-12-6-8-13(20)9-7-12/h12-13,20H,2-11H2,1H3/t12-,13-. The number of hydrogen-bond acceptors (Lipinski definition) is 4. The second-order valence-electron chi connectivity index (χ2n) is 6.53. The molecule has 0 bridgehead atoms. The van der Waals surface area contributed by atoms with Crippen molar-refractivity contribution in [1.29, 1.82) is 0 Å². The number of aromatic nitrogens is 2. The quantitative estimate of drug-likeness (QED) is 0.849. The first kappa shape index (κ1) is 15.5. The number of hydrogen-bond donors (Lipinski definition) is 1. The molecule has 1 aromatic rings. The number of nitrogens with zero attached hydrogens (tertiary/aromatic N) is 2. The smallest absolute Gasteiger partial charge is 0.359 e. The molecule has 1 aromatic heterocycles. The lowest BCUT2D eigenvalue weighted by Gasteiger charge is -2.25. The fourth-order valence-electron chi connectivity index (χ4n) is 3.80. The van der Waals surface area contributed by atoms with Gasteiger partial charge in [-0.2, -0.15) is 5.10 Å². The molecule has 22 heavy (non-hydrogen) atoms. The highest BCUT2D eigenvalue weighted by Gasteiger charge is 2.27. The van der Waals surface area contributed by atoms with Gasteiger partial charge in [-0.3, -0.25) is 4.68 Å². The molecule has 1 heterocycles. The highest BCUT2D eigenvalue weighted by molar-refractivity contribution is 5.89. The summed E-state index contributed by atoms with van der Waals surface area (Å²) in [7, 11) is 0. The van der Waals surface area contributed by atoms with Crippen molar-refractivity contribution in [2.24, 2.45) is 5.92 Å². The average molecular weight is 306 g/mol. The van der Waals surface area contributed by atoms with Gasteiger partial charge in [0.25, 0.3) is 0 Å². The summed E-state index contributed by atoms with van der Waals surface area (Å²) in [6, 6.07) is 0. The van der Waals surface area contributed by atoms with E-state index >= 15 is 0 Å². The molecule has 122 valence electrons. The second-order valence-corrected chi connectivity index (χ2v) is 6.53. The van der Waals surface area contributed by atoms with Crippen LogP contribution in [-0.2, 0) is 24.1 Å². The molecule has 0 spiro atoms. The maximum atomic E-state index is 12.0. The van der Waals surface area contributed by atoms with E-state index in [1.54, 1.807) is 0 Å². The average Bonchev–Trinajstić information content (AvgIpc) is 3.09. The molecule has 5 nitrogen and oxygen atoms in total. The minimum atomic E-state index is -0.278. The molecule has 0 radical (unpaired) electrons. The number of carbonyl (C=O) groups excluding carboxylic acids is 1. The van der Waals surface area contributed by atoms with Gasteiger partial charge in [0.2, 0.25) is 0 Å². The maximum Gasteiger partial charge on any atom is 0.359 e. The van der Waals surface area contributed by atoms with E-state index in [4.69, 9.17) is 4.74 Å². The third-order valence-electron chi connectivity index (χ3n) is 5.04. The van der Waals surface area contributed by atoms with Gasteiger partial charge in [-0.1, -0.05) is 0 Å². The van der Waals surface area contributed by atoms with E-state index < -0.39 is 0 Å². The molecule has 0 unspecified atom stereocenters. The van der Waals surface area contributed by atoms with E-state index in [0.717, 1.165) is 63.5 Å². The Balaban J connectivity index is 1.66. The first-order valence-corrected chi connectivity index (χ1v) is 8.62. The number of aliphatic hydroxyl groups excluding tert-OH is 1. The summed E-state index contributed by atoms with van der Waals surface area (Å²) in [6.45, 7) is 3.10. The van der Waals surface area contributed by atoms with Crippen LogP contribution in [0, 0.1) is 5.92 Å². The summed E-state index contributed by atoms with van der Waals surface area (Å²) in [6.07, 6.45) is 8.12. The molecule has 3 rings (SSSR count). The molecule has 2 aliphatic rings. The Morgan fingerprint density at radius 3 is 2.82 bits per heavy atom. The minimum absolute atomic E-state index is 0.0967. The molecular weight excluding hydrogens is 280 g/mol. The Morgan fingerprint density at radius 1 is 1.32 bits per heavy atom. The Kier molecular flexibility index (Phi) is 4.81. The molecule has 0 atom stereocenters. The van der Waals surface area contributed by atoms with Crippen LogP contribution in [0.4, 0.5) is 0 Å². The molecule has 1 fully saturated rings. The van der Waals surface area contributed by atoms with Gasteiger partial charge in [-0.05, 0) is 64.2 Å². The Labute approximate surface area is 131 Å². The van der Waals surface area contributed by atoms with Gasteiger partial charge in [0, 0.05) is 17.8 Å². The monoisotopic (exact) mass is 306 g/mol. The van der Waals surface area contributed by atoms with Crippen molar-refractivity contribution in [1.82, 2.24) is 9.78 Å². The molecule has 0 saturated heterocycles. The third kappa shape index (κ3) is 3.19. The first-order valence-electron chi connectivity index (χ1n) is 8.62. The van der Waals surface area contributed by atoms with Gasteiger partial charge in [0.15, 0.2) is 5.69 Å². The predicted molar refractivity (Wildman–Crippen MR) is 82.8 cm³/mol. The molecular formula is C17H26N2O3. The number of esters is 1. The highest BCUT2D eigenvalue weighted by Crippen LogP contribution is 2.29. The van der Waals surface area contributed by atoms with Crippen LogP contribution in [0.2, 0.25) is 0 Å². The van der Waals surface area contributed by atoms with Crippen molar-refractivity contribution in [3.8, 4) is 0 Å². The fourth-order valence-corrected chi connectivity index (χ4v) is 3.80. The SMILES string of the molecule is CCOC(=O)c1nn(CC[C@H]2CC[C@H](O)CC2)c2c1CCC2. The van der Waals surface area contributed by atoms with Crippen molar-refractivity contribution in [3.63, 3.8) is 0 Å². The van der Waals surface area contributed by atoms with E-state index in [2.05, 4.69) is 5.10 Å². The number of ether oxygens (including phenoxy) is 1. The van der Waals surface area contributed by atoms with Gasteiger partial charge >= 0.3 is 5.97 Å². The van der Waals surface area contributed by atoms with Crippen LogP contribution in [-0.4, -0.2) is 33.6 Å². The van der Waals surface area contributed by atoms with Crippen LogP contribution < -0.4 is 0 Å².